The van der Waals surface area contributed by atoms with Crippen LogP contribution in [0.5, 0.6) is 0 Å². The minimum atomic E-state index is -1.15. The monoisotopic (exact) mass is 225 g/mol. The molecule has 0 spiro atoms. The Bertz CT molecular complexity index is 440. The number of carbonyl (C=O) groups excluding carboxylic acids is 1. The van der Waals surface area contributed by atoms with Gasteiger partial charge in [-0.3, -0.25) is 4.79 Å². The Kier molecular flexibility index (Phi) is 3.46. The number of carboxylic acids is 1. The normalized spacial score (nSPS) is 10.5. The fraction of sp³-hybridized carbons (Fsp3) is 0. The lowest BCUT2D eigenvalue weighted by molar-refractivity contribution is -0.113. The molecule has 0 aliphatic heterocycles. The number of benzene rings is 1. The van der Waals surface area contributed by atoms with Crippen molar-refractivity contribution in [3.63, 3.8) is 0 Å². The van der Waals surface area contributed by atoms with Crippen LogP contribution in [0.15, 0.2) is 24.3 Å². The first-order chi connectivity index (χ1) is 7.02. The lowest BCUT2D eigenvalue weighted by atomic mass is 10.1. The third-order valence-electron chi connectivity index (χ3n) is 1.69. The second-order valence-corrected chi connectivity index (χ2v) is 3.15. The Morgan fingerprint density at radius 1 is 1.40 bits per heavy atom. The SMILES string of the molecule is NC(=O)C=Cc1cccc(Cl)c1C(=O)O. The van der Waals surface area contributed by atoms with Gasteiger partial charge in [0.1, 0.15) is 0 Å². The fourth-order valence-electron chi connectivity index (χ4n) is 1.08. The molecule has 0 heterocycles. The molecule has 0 unspecified atom stereocenters. The Labute approximate surface area is 91.0 Å². The molecule has 1 aromatic rings. The van der Waals surface area contributed by atoms with Crippen molar-refractivity contribution in [2.45, 2.75) is 0 Å². The highest BCUT2D eigenvalue weighted by atomic mass is 35.5. The molecular formula is C10H8ClNO3. The summed E-state index contributed by atoms with van der Waals surface area (Å²) < 4.78 is 0. The van der Waals surface area contributed by atoms with Crippen molar-refractivity contribution in [1.82, 2.24) is 0 Å². The van der Waals surface area contributed by atoms with Crippen molar-refractivity contribution in [2.24, 2.45) is 5.73 Å². The Hall–Kier alpha value is -1.81. The lowest BCUT2D eigenvalue weighted by Crippen LogP contribution is -2.06. The number of amides is 1. The summed E-state index contributed by atoms with van der Waals surface area (Å²) in [5.41, 5.74) is 5.20. The van der Waals surface area contributed by atoms with Gasteiger partial charge in [0.15, 0.2) is 0 Å². The molecule has 0 aliphatic carbocycles. The van der Waals surface area contributed by atoms with Crippen molar-refractivity contribution in [2.75, 3.05) is 0 Å². The van der Waals surface area contributed by atoms with Crippen LogP contribution in [0.1, 0.15) is 15.9 Å². The molecule has 0 aromatic heterocycles. The van der Waals surface area contributed by atoms with E-state index in [9.17, 15) is 9.59 Å². The van der Waals surface area contributed by atoms with Gasteiger partial charge < -0.3 is 10.8 Å². The van der Waals surface area contributed by atoms with E-state index >= 15 is 0 Å². The molecule has 1 aromatic carbocycles. The molecule has 5 heteroatoms. The zero-order chi connectivity index (χ0) is 11.4. The van der Waals surface area contributed by atoms with Gasteiger partial charge >= 0.3 is 5.97 Å². The first-order valence-corrected chi connectivity index (χ1v) is 4.39. The number of rotatable bonds is 3. The maximum absolute atomic E-state index is 10.9. The molecule has 15 heavy (non-hydrogen) atoms. The quantitative estimate of drug-likeness (QED) is 0.766. The van der Waals surface area contributed by atoms with Crippen molar-refractivity contribution < 1.29 is 14.7 Å². The van der Waals surface area contributed by atoms with Gasteiger partial charge in [0.25, 0.3) is 0 Å². The minimum absolute atomic E-state index is 0.0448. The average Bonchev–Trinajstić information content (AvgIpc) is 2.13. The number of hydrogen-bond donors (Lipinski definition) is 2. The van der Waals surface area contributed by atoms with Gasteiger partial charge in [0.05, 0.1) is 10.6 Å². The average molecular weight is 226 g/mol. The van der Waals surface area contributed by atoms with Crippen LogP contribution in [-0.4, -0.2) is 17.0 Å². The van der Waals surface area contributed by atoms with E-state index in [4.69, 9.17) is 22.4 Å². The third kappa shape index (κ3) is 2.82. The molecule has 0 saturated heterocycles. The fourth-order valence-corrected chi connectivity index (χ4v) is 1.34. The van der Waals surface area contributed by atoms with E-state index in [1.165, 1.54) is 18.2 Å². The molecule has 1 rings (SSSR count). The summed E-state index contributed by atoms with van der Waals surface area (Å²) in [4.78, 5) is 21.3. The van der Waals surface area contributed by atoms with Crippen LogP contribution in [-0.2, 0) is 4.79 Å². The summed E-state index contributed by atoms with van der Waals surface area (Å²) in [7, 11) is 0. The number of carbonyl (C=O) groups is 2. The van der Waals surface area contributed by atoms with E-state index in [2.05, 4.69) is 0 Å². The van der Waals surface area contributed by atoms with Crippen LogP contribution in [0.3, 0.4) is 0 Å². The van der Waals surface area contributed by atoms with E-state index in [0.717, 1.165) is 6.08 Å². The van der Waals surface area contributed by atoms with Gasteiger partial charge in [-0.2, -0.15) is 0 Å². The molecule has 0 fully saturated rings. The van der Waals surface area contributed by atoms with Gasteiger partial charge in [-0.05, 0) is 17.7 Å². The van der Waals surface area contributed by atoms with E-state index in [0.29, 0.717) is 5.56 Å². The largest absolute Gasteiger partial charge is 0.478 e. The molecule has 0 bridgehead atoms. The second kappa shape index (κ2) is 4.61. The van der Waals surface area contributed by atoms with E-state index in [1.54, 1.807) is 6.07 Å². The van der Waals surface area contributed by atoms with E-state index < -0.39 is 11.9 Å². The second-order valence-electron chi connectivity index (χ2n) is 2.74. The summed E-state index contributed by atoms with van der Waals surface area (Å²) >= 11 is 5.71. The predicted octanol–water partition coefficient (Wildman–Crippen LogP) is 1.54. The van der Waals surface area contributed by atoms with Crippen LogP contribution in [0, 0.1) is 0 Å². The minimum Gasteiger partial charge on any atom is -0.478 e. The first-order valence-electron chi connectivity index (χ1n) is 4.01. The van der Waals surface area contributed by atoms with Gasteiger partial charge in [-0.25, -0.2) is 4.79 Å². The molecule has 0 atom stereocenters. The highest BCUT2D eigenvalue weighted by molar-refractivity contribution is 6.33. The number of halogens is 1. The van der Waals surface area contributed by atoms with Crippen LogP contribution in [0.2, 0.25) is 5.02 Å². The van der Waals surface area contributed by atoms with E-state index in [-0.39, 0.29) is 10.6 Å². The summed E-state index contributed by atoms with van der Waals surface area (Å²) in [5, 5.41) is 9.00. The zero-order valence-electron chi connectivity index (χ0n) is 7.61. The van der Waals surface area contributed by atoms with Crippen LogP contribution < -0.4 is 5.73 Å². The summed E-state index contributed by atoms with van der Waals surface area (Å²) in [6.07, 6.45) is 2.40. The topological polar surface area (TPSA) is 80.4 Å². The Morgan fingerprint density at radius 3 is 2.60 bits per heavy atom. The summed E-state index contributed by atoms with van der Waals surface area (Å²) in [6.45, 7) is 0. The summed E-state index contributed by atoms with van der Waals surface area (Å²) in [6, 6.07) is 4.59. The standard InChI is InChI=1S/C10H8ClNO3/c11-7-3-1-2-6(4-5-8(12)13)9(7)10(14)15/h1-5H,(H2,12,13)(H,14,15). The van der Waals surface area contributed by atoms with Crippen molar-refractivity contribution >= 4 is 29.6 Å². The number of primary amides is 1. The molecule has 4 nitrogen and oxygen atoms in total. The molecule has 78 valence electrons. The van der Waals surface area contributed by atoms with Gasteiger partial charge in [-0.15, -0.1) is 0 Å². The van der Waals surface area contributed by atoms with Crippen molar-refractivity contribution in [3.05, 3.63) is 40.4 Å². The van der Waals surface area contributed by atoms with Crippen molar-refractivity contribution in [1.29, 1.82) is 0 Å². The zero-order valence-corrected chi connectivity index (χ0v) is 8.36. The smallest absolute Gasteiger partial charge is 0.337 e. The summed E-state index contributed by atoms with van der Waals surface area (Å²) in [5.74, 6) is -1.80. The highest BCUT2D eigenvalue weighted by Crippen LogP contribution is 2.21. The molecule has 0 radical (unpaired) electrons. The third-order valence-corrected chi connectivity index (χ3v) is 2.00. The number of aromatic carboxylic acids is 1. The van der Waals surface area contributed by atoms with Gasteiger partial charge in [0, 0.05) is 6.08 Å². The molecule has 0 aliphatic rings. The predicted molar refractivity (Wildman–Crippen MR) is 56.6 cm³/mol. The van der Waals surface area contributed by atoms with Crippen molar-refractivity contribution in [3.8, 4) is 0 Å². The number of hydrogen-bond acceptors (Lipinski definition) is 2. The maximum Gasteiger partial charge on any atom is 0.337 e. The van der Waals surface area contributed by atoms with Crippen LogP contribution in [0.25, 0.3) is 6.08 Å². The highest BCUT2D eigenvalue weighted by Gasteiger charge is 2.11. The number of carboxylic acid groups (broad SMARTS) is 1. The Morgan fingerprint density at radius 2 is 2.07 bits per heavy atom. The Balaban J connectivity index is 3.23. The molecular weight excluding hydrogens is 218 g/mol. The molecule has 3 N–H and O–H groups in total. The first kappa shape index (κ1) is 11.3. The van der Waals surface area contributed by atoms with Crippen LogP contribution in [0.4, 0.5) is 0 Å². The van der Waals surface area contributed by atoms with Crippen LogP contribution >= 0.6 is 11.6 Å². The van der Waals surface area contributed by atoms with Gasteiger partial charge in [0.2, 0.25) is 5.91 Å². The maximum atomic E-state index is 10.9. The molecule has 1 amide bonds. The lowest BCUT2D eigenvalue weighted by Gasteiger charge is -2.02. The number of nitrogens with two attached hydrogens (primary N) is 1. The van der Waals surface area contributed by atoms with Gasteiger partial charge in [-0.1, -0.05) is 23.7 Å². The molecule has 0 saturated carbocycles. The van der Waals surface area contributed by atoms with E-state index in [1.807, 2.05) is 0 Å².